The zero-order chi connectivity index (χ0) is 14.6. The lowest BCUT2D eigenvalue weighted by molar-refractivity contribution is -0.131. The predicted molar refractivity (Wildman–Crippen MR) is 75.1 cm³/mol. The highest BCUT2D eigenvalue weighted by Gasteiger charge is 2.31. The quantitative estimate of drug-likeness (QED) is 0.687. The van der Waals surface area contributed by atoms with Crippen LogP contribution in [0, 0.1) is 17.8 Å². The van der Waals surface area contributed by atoms with Gasteiger partial charge in [0.15, 0.2) is 0 Å². The molecule has 4 unspecified atom stereocenters. The SMILES string of the molecule is CC(C)C(NC(=O)C(C)C1CCCC(N)C1)C(N)=O. The van der Waals surface area contributed by atoms with Crippen LogP contribution in [0.25, 0.3) is 0 Å². The van der Waals surface area contributed by atoms with Crippen LogP contribution in [0.4, 0.5) is 0 Å². The van der Waals surface area contributed by atoms with E-state index in [2.05, 4.69) is 5.32 Å². The van der Waals surface area contributed by atoms with E-state index in [9.17, 15) is 9.59 Å². The van der Waals surface area contributed by atoms with Crippen molar-refractivity contribution in [2.24, 2.45) is 29.2 Å². The lowest BCUT2D eigenvalue weighted by Gasteiger charge is -2.31. The summed E-state index contributed by atoms with van der Waals surface area (Å²) in [7, 11) is 0. The van der Waals surface area contributed by atoms with Crippen molar-refractivity contribution in [3.8, 4) is 0 Å². The summed E-state index contributed by atoms with van der Waals surface area (Å²) in [4.78, 5) is 23.5. The number of nitrogens with one attached hydrogen (secondary N) is 1. The highest BCUT2D eigenvalue weighted by atomic mass is 16.2. The van der Waals surface area contributed by atoms with Gasteiger partial charge in [-0.25, -0.2) is 0 Å². The second-order valence-corrected chi connectivity index (χ2v) is 6.11. The highest BCUT2D eigenvalue weighted by molar-refractivity contribution is 5.87. The molecule has 1 aliphatic rings. The van der Waals surface area contributed by atoms with E-state index in [0.29, 0.717) is 5.92 Å². The summed E-state index contributed by atoms with van der Waals surface area (Å²) in [5.41, 5.74) is 11.3. The summed E-state index contributed by atoms with van der Waals surface area (Å²) in [5, 5.41) is 2.77. The number of carbonyl (C=O) groups excluding carboxylic acids is 2. The third kappa shape index (κ3) is 4.49. The van der Waals surface area contributed by atoms with Crippen LogP contribution in [0.15, 0.2) is 0 Å². The second-order valence-electron chi connectivity index (χ2n) is 6.11. The number of amides is 2. The summed E-state index contributed by atoms with van der Waals surface area (Å²) < 4.78 is 0. The molecule has 1 aliphatic carbocycles. The molecule has 1 saturated carbocycles. The molecule has 4 atom stereocenters. The summed E-state index contributed by atoms with van der Waals surface area (Å²) in [6, 6.07) is -0.391. The van der Waals surface area contributed by atoms with Gasteiger partial charge < -0.3 is 16.8 Å². The standard InChI is InChI=1S/C14H27N3O2/c1-8(2)12(13(16)18)17-14(19)9(3)10-5-4-6-11(15)7-10/h8-12H,4-7,15H2,1-3H3,(H2,16,18)(H,17,19). The first kappa shape index (κ1) is 16.0. The maximum absolute atomic E-state index is 12.2. The molecule has 19 heavy (non-hydrogen) atoms. The molecule has 5 N–H and O–H groups in total. The third-order valence-corrected chi connectivity index (χ3v) is 4.15. The number of nitrogens with two attached hydrogens (primary N) is 2. The fraction of sp³-hybridized carbons (Fsp3) is 0.857. The zero-order valence-corrected chi connectivity index (χ0v) is 12.2. The van der Waals surface area contributed by atoms with E-state index in [4.69, 9.17) is 11.5 Å². The Morgan fingerprint density at radius 1 is 1.21 bits per heavy atom. The van der Waals surface area contributed by atoms with E-state index in [0.717, 1.165) is 25.7 Å². The van der Waals surface area contributed by atoms with Crippen molar-refractivity contribution in [3.05, 3.63) is 0 Å². The molecule has 0 aromatic heterocycles. The maximum Gasteiger partial charge on any atom is 0.240 e. The molecular weight excluding hydrogens is 242 g/mol. The van der Waals surface area contributed by atoms with Gasteiger partial charge in [-0.15, -0.1) is 0 Å². The van der Waals surface area contributed by atoms with Crippen molar-refractivity contribution in [2.75, 3.05) is 0 Å². The Balaban J connectivity index is 2.58. The number of hydrogen-bond acceptors (Lipinski definition) is 3. The first-order chi connectivity index (χ1) is 8.82. The van der Waals surface area contributed by atoms with Crippen LogP contribution in [-0.4, -0.2) is 23.9 Å². The molecule has 0 aromatic rings. The van der Waals surface area contributed by atoms with Crippen LogP contribution >= 0.6 is 0 Å². The van der Waals surface area contributed by atoms with E-state index in [1.165, 1.54) is 0 Å². The van der Waals surface area contributed by atoms with Crippen LogP contribution in [0.3, 0.4) is 0 Å². The average molecular weight is 269 g/mol. The Hall–Kier alpha value is -1.10. The largest absolute Gasteiger partial charge is 0.368 e. The van der Waals surface area contributed by atoms with Crippen LogP contribution in [0.1, 0.15) is 46.5 Å². The number of carbonyl (C=O) groups is 2. The van der Waals surface area contributed by atoms with Gasteiger partial charge in [-0.3, -0.25) is 9.59 Å². The van der Waals surface area contributed by atoms with Crippen LogP contribution in [-0.2, 0) is 9.59 Å². The number of rotatable bonds is 5. The van der Waals surface area contributed by atoms with Crippen molar-refractivity contribution in [2.45, 2.75) is 58.5 Å². The minimum absolute atomic E-state index is 0.00210. The van der Waals surface area contributed by atoms with Crippen molar-refractivity contribution in [3.63, 3.8) is 0 Å². The van der Waals surface area contributed by atoms with Gasteiger partial charge in [0, 0.05) is 12.0 Å². The molecular formula is C14H27N3O2. The van der Waals surface area contributed by atoms with Crippen LogP contribution in [0.5, 0.6) is 0 Å². The first-order valence-corrected chi connectivity index (χ1v) is 7.18. The monoisotopic (exact) mass is 269 g/mol. The minimum Gasteiger partial charge on any atom is -0.368 e. The summed E-state index contributed by atoms with van der Waals surface area (Å²) in [6.45, 7) is 5.66. The van der Waals surface area contributed by atoms with Gasteiger partial charge in [0.25, 0.3) is 0 Å². The van der Waals surface area contributed by atoms with Gasteiger partial charge >= 0.3 is 0 Å². The summed E-state index contributed by atoms with van der Waals surface area (Å²) in [6.07, 6.45) is 4.04. The normalized spacial score (nSPS) is 26.8. The minimum atomic E-state index is -0.591. The lowest BCUT2D eigenvalue weighted by Crippen LogP contribution is -2.50. The van der Waals surface area contributed by atoms with Gasteiger partial charge in [0.2, 0.25) is 11.8 Å². The van der Waals surface area contributed by atoms with Crippen molar-refractivity contribution in [1.82, 2.24) is 5.32 Å². The molecule has 0 heterocycles. The molecule has 0 bridgehead atoms. The van der Waals surface area contributed by atoms with Gasteiger partial charge in [-0.1, -0.05) is 27.2 Å². The Kier molecular flexibility index (Phi) is 5.79. The fourth-order valence-electron chi connectivity index (χ4n) is 2.79. The summed E-state index contributed by atoms with van der Waals surface area (Å²) in [5.74, 6) is -0.369. The van der Waals surface area contributed by atoms with Crippen molar-refractivity contribution >= 4 is 11.8 Å². The predicted octanol–water partition coefficient (Wildman–Crippen LogP) is 0.766. The Labute approximate surface area is 115 Å². The van der Waals surface area contributed by atoms with Crippen LogP contribution in [0.2, 0.25) is 0 Å². The molecule has 110 valence electrons. The van der Waals surface area contributed by atoms with E-state index in [-0.39, 0.29) is 23.8 Å². The van der Waals surface area contributed by atoms with Gasteiger partial charge in [0.1, 0.15) is 6.04 Å². The Morgan fingerprint density at radius 3 is 2.32 bits per heavy atom. The lowest BCUT2D eigenvalue weighted by atomic mass is 9.78. The van der Waals surface area contributed by atoms with Crippen molar-refractivity contribution in [1.29, 1.82) is 0 Å². The number of hydrogen-bond donors (Lipinski definition) is 3. The molecule has 1 rings (SSSR count). The maximum atomic E-state index is 12.2. The molecule has 1 fully saturated rings. The van der Waals surface area contributed by atoms with Gasteiger partial charge in [-0.2, -0.15) is 0 Å². The number of primary amides is 1. The molecule has 0 aliphatic heterocycles. The topological polar surface area (TPSA) is 98.2 Å². The molecule has 2 amide bonds. The third-order valence-electron chi connectivity index (χ3n) is 4.15. The van der Waals surface area contributed by atoms with Crippen molar-refractivity contribution < 1.29 is 9.59 Å². The second kappa shape index (κ2) is 6.89. The van der Waals surface area contributed by atoms with E-state index in [1.54, 1.807) is 0 Å². The van der Waals surface area contributed by atoms with Gasteiger partial charge in [0.05, 0.1) is 0 Å². The summed E-state index contributed by atoms with van der Waals surface area (Å²) >= 11 is 0. The van der Waals surface area contributed by atoms with E-state index >= 15 is 0 Å². The molecule has 0 radical (unpaired) electrons. The van der Waals surface area contributed by atoms with Gasteiger partial charge in [-0.05, 0) is 31.1 Å². The molecule has 5 heteroatoms. The smallest absolute Gasteiger partial charge is 0.240 e. The van der Waals surface area contributed by atoms with E-state index < -0.39 is 11.9 Å². The Bertz CT molecular complexity index is 331. The highest BCUT2D eigenvalue weighted by Crippen LogP contribution is 2.29. The molecule has 0 spiro atoms. The fourth-order valence-corrected chi connectivity index (χ4v) is 2.79. The molecule has 0 saturated heterocycles. The molecule has 5 nitrogen and oxygen atoms in total. The van der Waals surface area contributed by atoms with Crippen LogP contribution < -0.4 is 16.8 Å². The average Bonchev–Trinajstić information content (AvgIpc) is 2.33. The first-order valence-electron chi connectivity index (χ1n) is 7.18. The van der Waals surface area contributed by atoms with E-state index in [1.807, 2.05) is 20.8 Å². The Morgan fingerprint density at radius 2 is 1.84 bits per heavy atom. The zero-order valence-electron chi connectivity index (χ0n) is 12.2. The molecule has 0 aromatic carbocycles.